The molecule has 2 aromatic heterocycles. The van der Waals surface area contributed by atoms with E-state index >= 15 is 0 Å². The molecule has 0 spiro atoms. The third kappa shape index (κ3) is 3.15. The second kappa shape index (κ2) is 6.11. The topological polar surface area (TPSA) is 72.4 Å². The van der Waals surface area contributed by atoms with Crippen molar-refractivity contribution in [2.24, 2.45) is 0 Å². The van der Waals surface area contributed by atoms with Crippen LogP contribution in [0.15, 0.2) is 21.2 Å². The Labute approximate surface area is 123 Å². The molecule has 0 saturated carbocycles. The fraction of sp³-hybridized carbons (Fsp3) is 0.533. The van der Waals surface area contributed by atoms with Crippen molar-refractivity contribution in [1.82, 2.24) is 15.1 Å². The van der Waals surface area contributed by atoms with Crippen LogP contribution in [0.2, 0.25) is 0 Å². The molecule has 1 fully saturated rings. The van der Waals surface area contributed by atoms with E-state index in [-0.39, 0.29) is 5.91 Å². The van der Waals surface area contributed by atoms with Gasteiger partial charge in [0.1, 0.15) is 5.76 Å². The first-order valence-electron chi connectivity index (χ1n) is 7.38. The monoisotopic (exact) mass is 289 g/mol. The van der Waals surface area contributed by atoms with Gasteiger partial charge < -0.3 is 13.7 Å². The van der Waals surface area contributed by atoms with E-state index in [2.05, 4.69) is 10.2 Å². The molecule has 2 aromatic rings. The van der Waals surface area contributed by atoms with E-state index in [1.165, 1.54) is 6.42 Å². The molecule has 3 heterocycles. The molecular weight excluding hydrogens is 270 g/mol. The van der Waals surface area contributed by atoms with Crippen LogP contribution in [-0.2, 0) is 11.2 Å². The smallest absolute Gasteiger partial charge is 0.251 e. The van der Waals surface area contributed by atoms with Gasteiger partial charge in [0.25, 0.3) is 5.89 Å². The number of hydrogen-bond donors (Lipinski definition) is 0. The molecule has 1 saturated heterocycles. The highest BCUT2D eigenvalue weighted by Crippen LogP contribution is 2.23. The van der Waals surface area contributed by atoms with Crippen LogP contribution in [0, 0.1) is 6.92 Å². The van der Waals surface area contributed by atoms with E-state index in [4.69, 9.17) is 8.83 Å². The first-order chi connectivity index (χ1) is 10.2. The Bertz CT molecular complexity index is 611. The molecule has 0 N–H and O–H groups in total. The highest BCUT2D eigenvalue weighted by Gasteiger charge is 2.18. The lowest BCUT2D eigenvalue weighted by Crippen LogP contribution is -2.35. The zero-order valence-corrected chi connectivity index (χ0v) is 12.2. The van der Waals surface area contributed by atoms with Crippen molar-refractivity contribution in [3.8, 4) is 11.5 Å². The highest BCUT2D eigenvalue weighted by atomic mass is 16.4. The number of piperidine rings is 1. The van der Waals surface area contributed by atoms with Crippen LogP contribution in [0.1, 0.15) is 37.3 Å². The molecule has 0 bridgehead atoms. The van der Waals surface area contributed by atoms with Crippen LogP contribution in [-0.4, -0.2) is 34.1 Å². The number of amides is 1. The molecule has 0 aliphatic carbocycles. The van der Waals surface area contributed by atoms with Crippen LogP contribution in [0.5, 0.6) is 0 Å². The van der Waals surface area contributed by atoms with Crippen molar-refractivity contribution >= 4 is 5.91 Å². The average Bonchev–Trinajstić information content (AvgIpc) is 3.14. The summed E-state index contributed by atoms with van der Waals surface area (Å²) in [7, 11) is 0. The third-order valence-corrected chi connectivity index (χ3v) is 3.82. The predicted octanol–water partition coefficient (Wildman–Crippen LogP) is 2.58. The third-order valence-electron chi connectivity index (χ3n) is 3.82. The fourth-order valence-electron chi connectivity index (χ4n) is 2.59. The second-order valence-corrected chi connectivity index (χ2v) is 5.33. The standard InChI is InChI=1S/C15H19N3O3/c1-11-12(7-10-20-11)15-17-16-13(21-15)5-6-14(19)18-8-3-2-4-9-18/h7,10H,2-6,8-9H2,1H3. The number of likely N-dealkylation sites (tertiary alicyclic amines) is 1. The summed E-state index contributed by atoms with van der Waals surface area (Å²) >= 11 is 0. The average molecular weight is 289 g/mol. The van der Waals surface area contributed by atoms with Crippen LogP contribution < -0.4 is 0 Å². The van der Waals surface area contributed by atoms with E-state index < -0.39 is 0 Å². The van der Waals surface area contributed by atoms with Gasteiger partial charge in [-0.25, -0.2) is 0 Å². The largest absolute Gasteiger partial charge is 0.469 e. The first kappa shape index (κ1) is 13.9. The van der Waals surface area contributed by atoms with Gasteiger partial charge in [-0.1, -0.05) is 0 Å². The van der Waals surface area contributed by atoms with Crippen molar-refractivity contribution in [1.29, 1.82) is 0 Å². The maximum atomic E-state index is 12.1. The zero-order valence-electron chi connectivity index (χ0n) is 12.2. The number of aryl methyl sites for hydroxylation is 2. The molecule has 21 heavy (non-hydrogen) atoms. The van der Waals surface area contributed by atoms with Gasteiger partial charge in [-0.15, -0.1) is 10.2 Å². The molecule has 3 rings (SSSR count). The molecule has 1 aliphatic heterocycles. The van der Waals surface area contributed by atoms with Crippen LogP contribution in [0.4, 0.5) is 0 Å². The maximum Gasteiger partial charge on any atom is 0.251 e. The van der Waals surface area contributed by atoms with E-state index in [0.717, 1.165) is 37.3 Å². The lowest BCUT2D eigenvalue weighted by atomic mass is 10.1. The van der Waals surface area contributed by atoms with E-state index in [1.54, 1.807) is 12.3 Å². The van der Waals surface area contributed by atoms with Gasteiger partial charge in [0.15, 0.2) is 0 Å². The Morgan fingerprint density at radius 1 is 1.29 bits per heavy atom. The molecule has 0 atom stereocenters. The second-order valence-electron chi connectivity index (χ2n) is 5.33. The van der Waals surface area contributed by atoms with Gasteiger partial charge in [0.2, 0.25) is 11.8 Å². The summed E-state index contributed by atoms with van der Waals surface area (Å²) in [6, 6.07) is 1.80. The Morgan fingerprint density at radius 3 is 2.81 bits per heavy atom. The lowest BCUT2D eigenvalue weighted by molar-refractivity contribution is -0.132. The summed E-state index contributed by atoms with van der Waals surface area (Å²) in [5.41, 5.74) is 0.802. The molecule has 0 radical (unpaired) electrons. The van der Waals surface area contributed by atoms with E-state index in [1.807, 2.05) is 11.8 Å². The summed E-state index contributed by atoms with van der Waals surface area (Å²) in [6.07, 6.45) is 5.94. The van der Waals surface area contributed by atoms with E-state index in [0.29, 0.717) is 24.6 Å². The lowest BCUT2D eigenvalue weighted by Gasteiger charge is -2.26. The van der Waals surface area contributed by atoms with Crippen LogP contribution in [0.25, 0.3) is 11.5 Å². The predicted molar refractivity (Wildman–Crippen MR) is 75.5 cm³/mol. The molecule has 112 valence electrons. The van der Waals surface area contributed by atoms with Gasteiger partial charge in [0, 0.05) is 25.9 Å². The first-order valence-corrected chi connectivity index (χ1v) is 7.38. The van der Waals surface area contributed by atoms with Gasteiger partial charge in [-0.3, -0.25) is 4.79 Å². The Hall–Kier alpha value is -2.11. The van der Waals surface area contributed by atoms with Gasteiger partial charge in [-0.2, -0.15) is 0 Å². The number of nitrogens with zero attached hydrogens (tertiary/aromatic N) is 3. The zero-order chi connectivity index (χ0) is 14.7. The summed E-state index contributed by atoms with van der Waals surface area (Å²) < 4.78 is 10.8. The maximum absolute atomic E-state index is 12.1. The number of carbonyl (C=O) groups excluding carboxylic acids is 1. The van der Waals surface area contributed by atoms with Crippen molar-refractivity contribution < 1.29 is 13.6 Å². The van der Waals surface area contributed by atoms with Crippen LogP contribution in [0.3, 0.4) is 0 Å². The van der Waals surface area contributed by atoms with Crippen molar-refractivity contribution in [3.63, 3.8) is 0 Å². The van der Waals surface area contributed by atoms with E-state index in [9.17, 15) is 4.79 Å². The van der Waals surface area contributed by atoms with Gasteiger partial charge >= 0.3 is 0 Å². The Morgan fingerprint density at radius 2 is 2.10 bits per heavy atom. The molecule has 1 aliphatic rings. The fourth-order valence-corrected chi connectivity index (χ4v) is 2.59. The molecule has 6 nitrogen and oxygen atoms in total. The Balaban J connectivity index is 1.57. The number of hydrogen-bond acceptors (Lipinski definition) is 5. The Kier molecular flexibility index (Phi) is 4.03. The molecule has 0 unspecified atom stereocenters. The van der Waals surface area contributed by atoms with Crippen molar-refractivity contribution in [2.75, 3.05) is 13.1 Å². The van der Waals surface area contributed by atoms with Gasteiger partial charge in [-0.05, 0) is 32.3 Å². The molecule has 0 aromatic carbocycles. The normalized spacial score (nSPS) is 15.4. The molecular formula is C15H19N3O3. The number of aromatic nitrogens is 2. The SMILES string of the molecule is Cc1occc1-c1nnc(CCC(=O)N2CCCCC2)o1. The highest BCUT2D eigenvalue weighted by molar-refractivity contribution is 5.76. The minimum Gasteiger partial charge on any atom is -0.469 e. The quantitative estimate of drug-likeness (QED) is 0.865. The van der Waals surface area contributed by atoms with Crippen molar-refractivity contribution in [2.45, 2.75) is 39.0 Å². The summed E-state index contributed by atoms with van der Waals surface area (Å²) in [6.45, 7) is 3.60. The molecule has 1 amide bonds. The van der Waals surface area contributed by atoms with Gasteiger partial charge in [0.05, 0.1) is 11.8 Å². The molecule has 6 heteroatoms. The minimum absolute atomic E-state index is 0.175. The summed E-state index contributed by atoms with van der Waals surface area (Å²) in [4.78, 5) is 14.0. The summed E-state index contributed by atoms with van der Waals surface area (Å²) in [5.74, 6) is 1.86. The van der Waals surface area contributed by atoms with Crippen molar-refractivity contribution in [3.05, 3.63) is 24.0 Å². The minimum atomic E-state index is 0.175. The summed E-state index contributed by atoms with van der Waals surface area (Å²) in [5, 5.41) is 8.01. The number of carbonyl (C=O) groups is 1. The van der Waals surface area contributed by atoms with Crippen LogP contribution >= 0.6 is 0 Å². The number of rotatable bonds is 4. The number of furan rings is 1.